The number of rotatable bonds is 3. The second-order valence-electron chi connectivity index (χ2n) is 5.22. The second kappa shape index (κ2) is 4.61. The Kier molecular flexibility index (Phi) is 3.30. The summed E-state index contributed by atoms with van der Waals surface area (Å²) in [4.78, 5) is 11.4. The lowest BCUT2D eigenvalue weighted by molar-refractivity contribution is -0.142. The topological polar surface area (TPSA) is 72.5 Å². The first kappa shape index (κ1) is 12.9. The smallest absolute Gasteiger partial charge is 0.313 e. The van der Waals surface area contributed by atoms with Crippen LogP contribution in [0.2, 0.25) is 0 Å². The highest BCUT2D eigenvalue weighted by atomic mass is 16.5. The van der Waals surface area contributed by atoms with Crippen LogP contribution in [-0.2, 0) is 10.2 Å². The average Bonchev–Trinajstić information content (AvgIpc) is 2.36. The molecule has 0 bridgehead atoms. The first-order valence-corrected chi connectivity index (χ1v) is 6.18. The number of benzene rings is 1. The van der Waals surface area contributed by atoms with Gasteiger partial charge in [0.25, 0.3) is 0 Å². The molecule has 0 aromatic heterocycles. The van der Waals surface area contributed by atoms with Gasteiger partial charge in [-0.25, -0.2) is 0 Å². The van der Waals surface area contributed by atoms with E-state index in [9.17, 15) is 9.90 Å². The molecule has 0 fully saturated rings. The van der Waals surface area contributed by atoms with Gasteiger partial charge in [-0.1, -0.05) is 18.2 Å². The first-order valence-electron chi connectivity index (χ1n) is 6.18. The molecule has 0 amide bonds. The minimum atomic E-state index is -0.957. The minimum absolute atomic E-state index is 0.262. The van der Waals surface area contributed by atoms with Crippen LogP contribution in [0.5, 0.6) is 5.75 Å². The van der Waals surface area contributed by atoms with Crippen LogP contribution in [0.15, 0.2) is 18.2 Å². The normalized spacial score (nSPS) is 18.9. The molecule has 18 heavy (non-hydrogen) atoms. The summed E-state index contributed by atoms with van der Waals surface area (Å²) in [6, 6.07) is 5.69. The van der Waals surface area contributed by atoms with E-state index in [4.69, 9.17) is 10.5 Å². The zero-order valence-corrected chi connectivity index (χ0v) is 10.8. The molecule has 1 aliphatic heterocycles. The molecule has 1 aliphatic rings. The van der Waals surface area contributed by atoms with Crippen LogP contribution in [0.3, 0.4) is 0 Å². The number of carboxylic acids is 1. The number of aliphatic carboxylic acids is 1. The third kappa shape index (κ3) is 1.97. The summed E-state index contributed by atoms with van der Waals surface area (Å²) in [6.07, 6.45) is 0.889. The Bertz CT molecular complexity index is 468. The summed E-state index contributed by atoms with van der Waals surface area (Å²) < 4.78 is 5.70. The minimum Gasteiger partial charge on any atom is -0.493 e. The Morgan fingerprint density at radius 2 is 2.28 bits per heavy atom. The number of hydrogen-bond acceptors (Lipinski definition) is 3. The standard InChI is InChI=1S/C14H19NO3/c1-14(2,13(16)17)11-5-3-4-10-9(8-15)6-7-18-12(10)11/h3-5,9H,6-8,15H2,1-2H3,(H,16,17). The predicted octanol–water partition coefficient (Wildman–Crippen LogP) is 1.87. The van der Waals surface area contributed by atoms with Crippen LogP contribution in [0.25, 0.3) is 0 Å². The van der Waals surface area contributed by atoms with Crippen molar-refractivity contribution < 1.29 is 14.6 Å². The van der Waals surface area contributed by atoms with Gasteiger partial charge in [-0.15, -0.1) is 0 Å². The lowest BCUT2D eigenvalue weighted by Crippen LogP contribution is -2.31. The van der Waals surface area contributed by atoms with E-state index in [1.165, 1.54) is 0 Å². The Hall–Kier alpha value is -1.55. The Morgan fingerprint density at radius 1 is 1.56 bits per heavy atom. The maximum atomic E-state index is 11.4. The van der Waals surface area contributed by atoms with E-state index < -0.39 is 11.4 Å². The van der Waals surface area contributed by atoms with Gasteiger partial charge in [0, 0.05) is 11.5 Å². The van der Waals surface area contributed by atoms with Crippen molar-refractivity contribution in [3.63, 3.8) is 0 Å². The van der Waals surface area contributed by atoms with E-state index in [-0.39, 0.29) is 5.92 Å². The van der Waals surface area contributed by atoms with Gasteiger partial charge >= 0.3 is 5.97 Å². The predicted molar refractivity (Wildman–Crippen MR) is 69.0 cm³/mol. The summed E-state index contributed by atoms with van der Waals surface area (Å²) in [6.45, 7) is 4.55. The Labute approximate surface area is 107 Å². The summed E-state index contributed by atoms with van der Waals surface area (Å²) in [5.74, 6) is 0.124. The fourth-order valence-corrected chi connectivity index (χ4v) is 2.35. The molecule has 1 aromatic rings. The summed E-state index contributed by atoms with van der Waals surface area (Å²) in [5.41, 5.74) is 6.57. The molecule has 1 aromatic carbocycles. The molecule has 2 rings (SSSR count). The lowest BCUT2D eigenvalue weighted by Gasteiger charge is -2.30. The van der Waals surface area contributed by atoms with Gasteiger partial charge in [-0.05, 0) is 32.4 Å². The Balaban J connectivity index is 2.54. The van der Waals surface area contributed by atoms with Gasteiger partial charge in [0.1, 0.15) is 5.75 Å². The number of nitrogens with two attached hydrogens (primary N) is 1. The van der Waals surface area contributed by atoms with Crippen molar-refractivity contribution in [3.05, 3.63) is 29.3 Å². The van der Waals surface area contributed by atoms with Crippen LogP contribution < -0.4 is 10.5 Å². The highest BCUT2D eigenvalue weighted by Gasteiger charge is 2.35. The number of ether oxygens (including phenoxy) is 1. The molecule has 1 atom stereocenters. The number of fused-ring (bicyclic) bond motifs is 1. The van der Waals surface area contributed by atoms with E-state index in [1.807, 2.05) is 18.2 Å². The van der Waals surface area contributed by atoms with Crippen LogP contribution in [0, 0.1) is 0 Å². The van der Waals surface area contributed by atoms with E-state index in [2.05, 4.69) is 0 Å². The lowest BCUT2D eigenvalue weighted by atomic mass is 9.80. The fraction of sp³-hybridized carbons (Fsp3) is 0.500. The highest BCUT2D eigenvalue weighted by Crippen LogP contribution is 2.40. The zero-order valence-electron chi connectivity index (χ0n) is 10.8. The number of hydrogen-bond donors (Lipinski definition) is 2. The molecular weight excluding hydrogens is 230 g/mol. The van der Waals surface area contributed by atoms with Crippen LogP contribution in [0.1, 0.15) is 37.3 Å². The molecule has 0 spiro atoms. The molecule has 0 aliphatic carbocycles. The van der Waals surface area contributed by atoms with Crippen LogP contribution in [0.4, 0.5) is 0 Å². The molecule has 4 heteroatoms. The third-order valence-corrected chi connectivity index (χ3v) is 3.69. The molecule has 98 valence electrons. The molecule has 1 unspecified atom stereocenters. The molecule has 0 saturated carbocycles. The van der Waals surface area contributed by atoms with Crippen LogP contribution in [-0.4, -0.2) is 24.2 Å². The monoisotopic (exact) mass is 249 g/mol. The second-order valence-corrected chi connectivity index (χ2v) is 5.22. The van der Waals surface area contributed by atoms with E-state index in [1.54, 1.807) is 13.8 Å². The van der Waals surface area contributed by atoms with Gasteiger partial charge in [-0.3, -0.25) is 4.79 Å². The van der Waals surface area contributed by atoms with Crippen molar-refractivity contribution >= 4 is 5.97 Å². The molecular formula is C14H19NO3. The molecule has 3 N–H and O–H groups in total. The van der Waals surface area contributed by atoms with Crippen molar-refractivity contribution in [2.45, 2.75) is 31.6 Å². The quantitative estimate of drug-likeness (QED) is 0.857. The maximum absolute atomic E-state index is 11.4. The van der Waals surface area contributed by atoms with Gasteiger partial charge in [-0.2, -0.15) is 0 Å². The highest BCUT2D eigenvalue weighted by molar-refractivity contribution is 5.81. The zero-order chi connectivity index (χ0) is 13.3. The SMILES string of the molecule is CC(C)(C(=O)O)c1cccc2c1OCCC2CN. The van der Waals surface area contributed by atoms with Crippen molar-refractivity contribution in [1.82, 2.24) is 0 Å². The van der Waals surface area contributed by atoms with E-state index in [0.29, 0.717) is 18.9 Å². The van der Waals surface area contributed by atoms with Gasteiger partial charge in [0.15, 0.2) is 0 Å². The fourth-order valence-electron chi connectivity index (χ4n) is 2.35. The van der Waals surface area contributed by atoms with Gasteiger partial charge in [0.2, 0.25) is 0 Å². The first-order chi connectivity index (χ1) is 8.48. The molecule has 0 radical (unpaired) electrons. The van der Waals surface area contributed by atoms with E-state index in [0.717, 1.165) is 17.5 Å². The average molecular weight is 249 g/mol. The molecule has 0 saturated heterocycles. The summed E-state index contributed by atoms with van der Waals surface area (Å²) >= 11 is 0. The largest absolute Gasteiger partial charge is 0.493 e. The number of carbonyl (C=O) groups is 1. The number of carboxylic acid groups (broad SMARTS) is 1. The molecule has 1 heterocycles. The van der Waals surface area contributed by atoms with Gasteiger partial charge < -0.3 is 15.6 Å². The van der Waals surface area contributed by atoms with Crippen LogP contribution >= 0.6 is 0 Å². The third-order valence-electron chi connectivity index (χ3n) is 3.69. The van der Waals surface area contributed by atoms with Crippen molar-refractivity contribution in [3.8, 4) is 5.75 Å². The molecule has 4 nitrogen and oxygen atoms in total. The number of para-hydroxylation sites is 1. The summed E-state index contributed by atoms with van der Waals surface area (Å²) in [5, 5.41) is 9.34. The Morgan fingerprint density at radius 3 is 2.89 bits per heavy atom. The maximum Gasteiger partial charge on any atom is 0.313 e. The van der Waals surface area contributed by atoms with Crippen molar-refractivity contribution in [2.24, 2.45) is 5.73 Å². The van der Waals surface area contributed by atoms with Crippen molar-refractivity contribution in [2.75, 3.05) is 13.2 Å². The summed E-state index contributed by atoms with van der Waals surface area (Å²) in [7, 11) is 0. The van der Waals surface area contributed by atoms with Gasteiger partial charge in [0.05, 0.1) is 12.0 Å². The van der Waals surface area contributed by atoms with E-state index >= 15 is 0 Å². The van der Waals surface area contributed by atoms with Crippen molar-refractivity contribution in [1.29, 1.82) is 0 Å².